The Hall–Kier alpha value is -2.02. The van der Waals surface area contributed by atoms with Crippen LogP contribution in [0.4, 0.5) is 0 Å². The van der Waals surface area contributed by atoms with Crippen LogP contribution in [0.3, 0.4) is 0 Å². The van der Waals surface area contributed by atoms with Gasteiger partial charge in [0.15, 0.2) is 0 Å². The Labute approximate surface area is 174 Å². The number of nitrogens with one attached hydrogen (secondary N) is 1. The molecule has 154 valence electrons. The number of allylic oxidation sites excluding steroid dienone is 11. The molecule has 0 fully saturated rings. The average Bonchev–Trinajstić information content (AvgIpc) is 2.62. The van der Waals surface area contributed by atoms with E-state index < -0.39 is 0 Å². The molecule has 0 aromatic carbocycles. The quantitative estimate of drug-likeness (QED) is 0.381. The zero-order valence-electron chi connectivity index (χ0n) is 19.3. The molecule has 1 rings (SSSR count). The number of rotatable bonds is 10. The van der Waals surface area contributed by atoms with Gasteiger partial charge in [0.2, 0.25) is 0 Å². The van der Waals surface area contributed by atoms with Gasteiger partial charge in [0.1, 0.15) is 0 Å². The summed E-state index contributed by atoms with van der Waals surface area (Å²) in [5.41, 5.74) is 9.32. The monoisotopic (exact) mass is 379 g/mol. The second-order valence-electron chi connectivity index (χ2n) is 8.61. The normalized spacial score (nSPS) is 17.5. The summed E-state index contributed by atoms with van der Waals surface area (Å²) in [4.78, 5) is 0. The van der Waals surface area contributed by atoms with Gasteiger partial charge in [0.05, 0.1) is 0 Å². The maximum Gasteiger partial charge on any atom is 0.00276 e. The molecular weight excluding hydrogens is 338 g/mol. The minimum Gasteiger partial charge on any atom is -0.394 e. The van der Waals surface area contributed by atoms with Crippen molar-refractivity contribution in [1.82, 2.24) is 5.32 Å². The van der Waals surface area contributed by atoms with Crippen LogP contribution in [-0.4, -0.2) is 7.05 Å². The molecule has 0 heterocycles. The molecule has 0 bridgehead atoms. The third-order valence-electron chi connectivity index (χ3n) is 5.50. The zero-order chi connectivity index (χ0) is 21.3. The third-order valence-corrected chi connectivity index (χ3v) is 5.50. The van der Waals surface area contributed by atoms with Crippen molar-refractivity contribution in [2.24, 2.45) is 11.8 Å². The van der Waals surface area contributed by atoms with Crippen LogP contribution in [0.15, 0.2) is 82.7 Å². The molecule has 28 heavy (non-hydrogen) atoms. The second-order valence-corrected chi connectivity index (χ2v) is 8.61. The van der Waals surface area contributed by atoms with Gasteiger partial charge in [-0.2, -0.15) is 0 Å². The highest BCUT2D eigenvalue weighted by molar-refractivity contribution is 5.56. The van der Waals surface area contributed by atoms with E-state index in [1.54, 1.807) is 0 Å². The summed E-state index contributed by atoms with van der Waals surface area (Å²) in [6.07, 6.45) is 15.3. The lowest BCUT2D eigenvalue weighted by molar-refractivity contribution is 0.602. The van der Waals surface area contributed by atoms with E-state index in [0.717, 1.165) is 19.3 Å². The van der Waals surface area contributed by atoms with Crippen LogP contribution in [-0.2, 0) is 0 Å². The van der Waals surface area contributed by atoms with Crippen LogP contribution in [0.2, 0.25) is 0 Å². The predicted molar refractivity (Wildman–Crippen MR) is 127 cm³/mol. The van der Waals surface area contributed by atoms with Crippen molar-refractivity contribution < 1.29 is 0 Å². The maximum absolute atomic E-state index is 4.46. The van der Waals surface area contributed by atoms with E-state index in [0.29, 0.717) is 11.8 Å². The molecule has 0 spiro atoms. The molecule has 1 heteroatoms. The van der Waals surface area contributed by atoms with Crippen molar-refractivity contribution in [2.75, 3.05) is 7.05 Å². The Morgan fingerprint density at radius 3 is 2.46 bits per heavy atom. The van der Waals surface area contributed by atoms with Gasteiger partial charge >= 0.3 is 0 Å². The highest BCUT2D eigenvalue weighted by Crippen LogP contribution is 2.39. The molecule has 1 aliphatic rings. The molecule has 0 radical (unpaired) electrons. The van der Waals surface area contributed by atoms with E-state index >= 15 is 0 Å². The molecule has 1 nitrogen and oxygen atoms in total. The Kier molecular flexibility index (Phi) is 10.1. The fourth-order valence-electron chi connectivity index (χ4n) is 3.77. The van der Waals surface area contributed by atoms with Crippen molar-refractivity contribution in [3.63, 3.8) is 0 Å². The smallest absolute Gasteiger partial charge is 0.00276 e. The summed E-state index contributed by atoms with van der Waals surface area (Å²) in [6.45, 7) is 22.2. The molecule has 0 saturated heterocycles. The van der Waals surface area contributed by atoms with Gasteiger partial charge in [-0.25, -0.2) is 0 Å². The van der Waals surface area contributed by atoms with Crippen molar-refractivity contribution in [1.29, 1.82) is 0 Å². The van der Waals surface area contributed by atoms with Crippen molar-refractivity contribution >= 4 is 0 Å². The Morgan fingerprint density at radius 1 is 1.21 bits per heavy atom. The predicted octanol–water partition coefficient (Wildman–Crippen LogP) is 7.83. The first-order chi connectivity index (χ1) is 13.2. The number of hydrogen-bond donors (Lipinski definition) is 1. The maximum atomic E-state index is 4.46. The van der Waals surface area contributed by atoms with Crippen LogP contribution >= 0.6 is 0 Å². The average molecular weight is 380 g/mol. The first kappa shape index (κ1) is 24.0. The second kappa shape index (κ2) is 11.7. The minimum atomic E-state index is 0.419. The van der Waals surface area contributed by atoms with Crippen LogP contribution in [0.25, 0.3) is 0 Å². The van der Waals surface area contributed by atoms with Crippen LogP contribution in [0.5, 0.6) is 0 Å². The largest absolute Gasteiger partial charge is 0.394 e. The number of hydrogen-bond acceptors (Lipinski definition) is 1. The van der Waals surface area contributed by atoms with Crippen LogP contribution in [0.1, 0.15) is 67.2 Å². The third kappa shape index (κ3) is 7.54. The molecule has 2 unspecified atom stereocenters. The molecule has 2 atom stereocenters. The molecule has 0 aromatic heterocycles. The van der Waals surface area contributed by atoms with E-state index in [-0.39, 0.29) is 0 Å². The van der Waals surface area contributed by atoms with Crippen molar-refractivity contribution in [3.8, 4) is 0 Å². The van der Waals surface area contributed by atoms with E-state index in [4.69, 9.17) is 0 Å². The summed E-state index contributed by atoms with van der Waals surface area (Å²) in [5, 5.41) is 3.06. The highest BCUT2D eigenvalue weighted by Gasteiger charge is 2.22. The molecule has 0 amide bonds. The summed E-state index contributed by atoms with van der Waals surface area (Å²) < 4.78 is 0. The summed E-state index contributed by atoms with van der Waals surface area (Å²) >= 11 is 0. The van der Waals surface area contributed by atoms with Gasteiger partial charge in [0, 0.05) is 7.05 Å². The summed E-state index contributed by atoms with van der Waals surface area (Å²) in [6, 6.07) is 0. The Bertz CT molecular complexity index is 717. The van der Waals surface area contributed by atoms with Gasteiger partial charge in [-0.1, -0.05) is 68.0 Å². The molecule has 0 saturated carbocycles. The zero-order valence-corrected chi connectivity index (χ0v) is 19.3. The van der Waals surface area contributed by atoms with Gasteiger partial charge in [-0.3, -0.25) is 0 Å². The lowest BCUT2D eigenvalue weighted by atomic mass is 9.77. The van der Waals surface area contributed by atoms with Gasteiger partial charge < -0.3 is 5.32 Å². The lowest BCUT2D eigenvalue weighted by Gasteiger charge is -2.28. The molecule has 0 aliphatic heterocycles. The first-order valence-electron chi connectivity index (χ1n) is 10.6. The Morgan fingerprint density at radius 2 is 1.89 bits per heavy atom. The van der Waals surface area contributed by atoms with Crippen LogP contribution < -0.4 is 5.32 Å². The van der Waals surface area contributed by atoms with Crippen LogP contribution in [0, 0.1) is 11.8 Å². The van der Waals surface area contributed by atoms with Crippen molar-refractivity contribution in [3.05, 3.63) is 82.7 Å². The first-order valence-corrected chi connectivity index (χ1v) is 10.6. The van der Waals surface area contributed by atoms with Gasteiger partial charge in [0.25, 0.3) is 0 Å². The molecule has 1 N–H and O–H groups in total. The standard InChI is InChI=1S/C27H41N/c1-19(2)13-14-20(3)16-22(5)25(8)27-23(6)17-26(18-24(27)7)21(4)12-10-11-15-28-9/h11,13-15,18,21-22,28H,6,8,10,12,16-17H2,1-5,7,9H3/b15-11+,20-14+. The summed E-state index contributed by atoms with van der Waals surface area (Å²) in [5.74, 6) is 0.997. The molecule has 0 aromatic rings. The highest BCUT2D eigenvalue weighted by atomic mass is 14.8. The van der Waals surface area contributed by atoms with E-state index in [1.165, 1.54) is 45.4 Å². The molecular formula is C27H41N. The Balaban J connectivity index is 2.89. The van der Waals surface area contributed by atoms with Gasteiger partial charge in [-0.15, -0.1) is 0 Å². The van der Waals surface area contributed by atoms with Crippen molar-refractivity contribution in [2.45, 2.75) is 67.2 Å². The minimum absolute atomic E-state index is 0.419. The SMILES string of the molecule is C=C1CC(C(C)CC/C=C/NC)=CC(C)=C1C(=C)C(C)C/C(C)=C/C=C(C)C. The molecule has 1 aliphatic carbocycles. The van der Waals surface area contributed by atoms with E-state index in [1.807, 2.05) is 13.2 Å². The fourth-order valence-corrected chi connectivity index (χ4v) is 3.77. The van der Waals surface area contributed by atoms with E-state index in [9.17, 15) is 0 Å². The fraction of sp³-hybridized carbons (Fsp3) is 0.481. The lowest BCUT2D eigenvalue weighted by Crippen LogP contribution is -2.12. The summed E-state index contributed by atoms with van der Waals surface area (Å²) in [7, 11) is 1.94. The van der Waals surface area contributed by atoms with E-state index in [2.05, 4.69) is 84.3 Å². The topological polar surface area (TPSA) is 12.0 Å². The van der Waals surface area contributed by atoms with Gasteiger partial charge in [-0.05, 0) is 93.7 Å².